The molecule has 0 radical (unpaired) electrons. The molecule has 0 unspecified atom stereocenters. The molecular formula is C9H8N2O5. The SMILES string of the molecule is Nc1ccc(C(=O)C[N+](=O)[O-])cc1C(=O)O. The first kappa shape index (κ1) is 11.6. The van der Waals surface area contributed by atoms with Crippen LogP contribution in [0.2, 0.25) is 0 Å². The molecule has 7 heteroatoms. The standard InChI is InChI=1S/C9H8N2O5/c10-7-2-1-5(3-6(7)9(13)14)8(12)4-11(15)16/h1-3H,4,10H2,(H,13,14). The molecule has 7 nitrogen and oxygen atoms in total. The summed E-state index contributed by atoms with van der Waals surface area (Å²) in [5.41, 5.74) is 5.09. The Kier molecular flexibility index (Phi) is 3.19. The molecule has 0 bridgehead atoms. The number of carboxylic acid groups (broad SMARTS) is 1. The number of hydrogen-bond donors (Lipinski definition) is 2. The van der Waals surface area contributed by atoms with Crippen LogP contribution in [-0.4, -0.2) is 28.3 Å². The van der Waals surface area contributed by atoms with Gasteiger partial charge in [0.05, 0.1) is 5.56 Å². The van der Waals surface area contributed by atoms with Gasteiger partial charge in [0.1, 0.15) is 0 Å². The number of nitrogen functional groups attached to an aromatic ring is 1. The monoisotopic (exact) mass is 224 g/mol. The second-order valence-corrected chi connectivity index (χ2v) is 3.02. The lowest BCUT2D eigenvalue weighted by atomic mass is 10.1. The number of benzene rings is 1. The summed E-state index contributed by atoms with van der Waals surface area (Å²) in [7, 11) is 0. The second kappa shape index (κ2) is 4.39. The van der Waals surface area contributed by atoms with Crippen molar-refractivity contribution >= 4 is 17.4 Å². The fraction of sp³-hybridized carbons (Fsp3) is 0.111. The molecule has 0 saturated carbocycles. The van der Waals surface area contributed by atoms with Gasteiger partial charge in [-0.15, -0.1) is 0 Å². The molecule has 0 aliphatic carbocycles. The number of hydrogen-bond acceptors (Lipinski definition) is 5. The molecule has 16 heavy (non-hydrogen) atoms. The van der Waals surface area contributed by atoms with Crippen molar-refractivity contribution in [2.24, 2.45) is 0 Å². The molecule has 84 valence electrons. The first-order valence-electron chi connectivity index (χ1n) is 4.19. The molecule has 0 aromatic heterocycles. The van der Waals surface area contributed by atoms with Gasteiger partial charge in [-0.1, -0.05) is 0 Å². The quantitative estimate of drug-likeness (QED) is 0.330. The smallest absolute Gasteiger partial charge is 0.337 e. The van der Waals surface area contributed by atoms with E-state index in [0.29, 0.717) is 0 Å². The maximum Gasteiger partial charge on any atom is 0.337 e. The van der Waals surface area contributed by atoms with E-state index in [1.807, 2.05) is 0 Å². The van der Waals surface area contributed by atoms with Crippen molar-refractivity contribution in [1.82, 2.24) is 0 Å². The minimum absolute atomic E-state index is 0.00477. The van der Waals surface area contributed by atoms with Gasteiger partial charge < -0.3 is 10.8 Å². The van der Waals surface area contributed by atoms with E-state index in [2.05, 4.69) is 0 Å². The first-order valence-corrected chi connectivity index (χ1v) is 4.19. The number of nitrogens with two attached hydrogens (primary N) is 1. The molecule has 0 heterocycles. The summed E-state index contributed by atoms with van der Waals surface area (Å²) in [6.45, 7) is -0.872. The third-order valence-corrected chi connectivity index (χ3v) is 1.88. The van der Waals surface area contributed by atoms with Gasteiger partial charge in [-0.05, 0) is 18.2 Å². The lowest BCUT2D eigenvalue weighted by Gasteiger charge is -2.02. The first-order chi connectivity index (χ1) is 7.41. The van der Waals surface area contributed by atoms with Crippen LogP contribution in [0.3, 0.4) is 0 Å². The number of carboxylic acids is 1. The summed E-state index contributed by atoms with van der Waals surface area (Å²) < 4.78 is 0. The van der Waals surface area contributed by atoms with Gasteiger partial charge in [-0.2, -0.15) is 0 Å². The largest absolute Gasteiger partial charge is 0.478 e. The van der Waals surface area contributed by atoms with Crippen molar-refractivity contribution in [2.45, 2.75) is 0 Å². The molecule has 1 aromatic carbocycles. The highest BCUT2D eigenvalue weighted by atomic mass is 16.6. The maximum absolute atomic E-state index is 11.3. The summed E-state index contributed by atoms with van der Waals surface area (Å²) in [4.78, 5) is 31.3. The van der Waals surface area contributed by atoms with Crippen LogP contribution >= 0.6 is 0 Å². The highest BCUT2D eigenvalue weighted by molar-refractivity contribution is 6.01. The average molecular weight is 224 g/mol. The molecule has 0 spiro atoms. The van der Waals surface area contributed by atoms with Crippen LogP contribution < -0.4 is 5.73 Å². The summed E-state index contributed by atoms with van der Waals surface area (Å²) >= 11 is 0. The summed E-state index contributed by atoms with van der Waals surface area (Å²) in [5, 5.41) is 18.8. The van der Waals surface area contributed by atoms with Crippen LogP contribution in [0.4, 0.5) is 5.69 Å². The number of aromatic carboxylic acids is 1. The molecule has 0 aliphatic heterocycles. The lowest BCUT2D eigenvalue weighted by molar-refractivity contribution is -0.465. The molecule has 0 aliphatic rings. The Bertz CT molecular complexity index is 469. The average Bonchev–Trinajstić information content (AvgIpc) is 2.16. The number of rotatable bonds is 4. The minimum Gasteiger partial charge on any atom is -0.478 e. The summed E-state index contributed by atoms with van der Waals surface area (Å²) in [6.07, 6.45) is 0. The number of nitrogens with zero attached hydrogens (tertiary/aromatic N) is 1. The van der Waals surface area contributed by atoms with E-state index in [1.165, 1.54) is 12.1 Å². The van der Waals surface area contributed by atoms with Gasteiger partial charge in [0.2, 0.25) is 5.78 Å². The highest BCUT2D eigenvalue weighted by Crippen LogP contribution is 2.14. The summed E-state index contributed by atoms with van der Waals surface area (Å²) in [5.74, 6) is -2.04. The van der Waals surface area contributed by atoms with Crippen LogP contribution in [-0.2, 0) is 0 Å². The minimum atomic E-state index is -1.28. The maximum atomic E-state index is 11.3. The Morgan fingerprint density at radius 2 is 2.06 bits per heavy atom. The van der Waals surface area contributed by atoms with Crippen molar-refractivity contribution < 1.29 is 19.6 Å². The van der Waals surface area contributed by atoms with Gasteiger partial charge >= 0.3 is 5.97 Å². The molecule has 0 atom stereocenters. The van der Waals surface area contributed by atoms with Gasteiger partial charge in [0.25, 0.3) is 6.54 Å². The van der Waals surface area contributed by atoms with Crippen LogP contribution in [0.5, 0.6) is 0 Å². The van der Waals surface area contributed by atoms with E-state index in [1.54, 1.807) is 0 Å². The number of Topliss-reactive ketones (excluding diaryl/α,β-unsaturated/α-hetero) is 1. The van der Waals surface area contributed by atoms with Crippen LogP contribution in [0.15, 0.2) is 18.2 Å². The zero-order valence-electron chi connectivity index (χ0n) is 8.04. The Morgan fingerprint density at radius 3 is 2.56 bits per heavy atom. The van der Waals surface area contributed by atoms with E-state index < -0.39 is 23.2 Å². The third kappa shape index (κ3) is 2.53. The van der Waals surface area contributed by atoms with E-state index >= 15 is 0 Å². The Labute approximate surface area is 89.6 Å². The molecule has 3 N–H and O–H groups in total. The zero-order chi connectivity index (χ0) is 12.3. The molecular weight excluding hydrogens is 216 g/mol. The van der Waals surface area contributed by atoms with Gasteiger partial charge in [-0.3, -0.25) is 14.9 Å². The van der Waals surface area contributed by atoms with E-state index in [0.717, 1.165) is 6.07 Å². The van der Waals surface area contributed by atoms with Crippen molar-refractivity contribution in [3.63, 3.8) is 0 Å². The highest BCUT2D eigenvalue weighted by Gasteiger charge is 2.16. The molecule has 0 amide bonds. The Morgan fingerprint density at radius 1 is 1.44 bits per heavy atom. The Hall–Kier alpha value is -2.44. The number of nitro groups is 1. The van der Waals surface area contributed by atoms with Gasteiger partial charge in [0.15, 0.2) is 0 Å². The normalized spacial score (nSPS) is 9.75. The van der Waals surface area contributed by atoms with E-state index in [-0.39, 0.29) is 16.8 Å². The summed E-state index contributed by atoms with van der Waals surface area (Å²) in [6, 6.07) is 3.52. The molecule has 0 fully saturated rings. The number of carbonyl (C=O) groups is 2. The van der Waals surface area contributed by atoms with Gasteiger partial charge in [0, 0.05) is 16.2 Å². The fourth-order valence-electron chi connectivity index (χ4n) is 1.12. The lowest BCUT2D eigenvalue weighted by Crippen LogP contribution is -2.15. The zero-order valence-corrected chi connectivity index (χ0v) is 8.04. The predicted molar refractivity (Wildman–Crippen MR) is 54.0 cm³/mol. The van der Waals surface area contributed by atoms with Crippen molar-refractivity contribution in [3.05, 3.63) is 39.4 Å². The number of carbonyl (C=O) groups excluding carboxylic acids is 1. The number of anilines is 1. The van der Waals surface area contributed by atoms with Crippen LogP contribution in [0, 0.1) is 10.1 Å². The number of ketones is 1. The Balaban J connectivity index is 3.08. The molecule has 0 saturated heterocycles. The van der Waals surface area contributed by atoms with Crippen molar-refractivity contribution in [2.75, 3.05) is 12.3 Å². The topological polar surface area (TPSA) is 124 Å². The van der Waals surface area contributed by atoms with E-state index in [4.69, 9.17) is 10.8 Å². The van der Waals surface area contributed by atoms with Crippen LogP contribution in [0.25, 0.3) is 0 Å². The third-order valence-electron chi connectivity index (χ3n) is 1.88. The molecule has 1 rings (SSSR count). The van der Waals surface area contributed by atoms with Gasteiger partial charge in [-0.25, -0.2) is 4.79 Å². The van der Waals surface area contributed by atoms with E-state index in [9.17, 15) is 19.7 Å². The van der Waals surface area contributed by atoms with Crippen LogP contribution in [0.1, 0.15) is 20.7 Å². The predicted octanol–water partition coefficient (Wildman–Crippen LogP) is 0.426. The molecule has 1 aromatic rings. The second-order valence-electron chi connectivity index (χ2n) is 3.02. The van der Waals surface area contributed by atoms with Crippen molar-refractivity contribution in [1.29, 1.82) is 0 Å². The van der Waals surface area contributed by atoms with Crippen molar-refractivity contribution in [3.8, 4) is 0 Å². The fourth-order valence-corrected chi connectivity index (χ4v) is 1.12.